The number of halogens is 1. The summed E-state index contributed by atoms with van der Waals surface area (Å²) in [5, 5.41) is 4.75. The van der Waals surface area contributed by atoms with Gasteiger partial charge in [-0.15, -0.1) is 0 Å². The average Bonchev–Trinajstić information content (AvgIpc) is 2.69. The molecule has 138 valence electrons. The molecule has 0 aliphatic heterocycles. The van der Waals surface area contributed by atoms with Crippen LogP contribution >= 0.6 is 11.6 Å². The van der Waals surface area contributed by atoms with Crippen LogP contribution in [0.5, 0.6) is 0 Å². The topological polar surface area (TPSA) is 42.0 Å². The van der Waals surface area contributed by atoms with Gasteiger partial charge in [-0.1, -0.05) is 47.5 Å². The van der Waals surface area contributed by atoms with Gasteiger partial charge in [-0.3, -0.25) is 9.78 Å². The first kappa shape index (κ1) is 18.0. The van der Waals surface area contributed by atoms with Crippen molar-refractivity contribution < 1.29 is 4.79 Å². The Morgan fingerprint density at radius 1 is 1.11 bits per heavy atom. The summed E-state index contributed by atoms with van der Waals surface area (Å²) in [7, 11) is 0. The number of nitrogens with one attached hydrogen (secondary N) is 1. The Hall–Kier alpha value is -2.39. The maximum absolute atomic E-state index is 12.5. The summed E-state index contributed by atoms with van der Waals surface area (Å²) in [5.41, 5.74) is 6.19. The highest BCUT2D eigenvalue weighted by Crippen LogP contribution is 2.33. The summed E-state index contributed by atoms with van der Waals surface area (Å²) in [6.07, 6.45) is 5.11. The van der Waals surface area contributed by atoms with Crippen molar-refractivity contribution in [3.63, 3.8) is 0 Å². The van der Waals surface area contributed by atoms with Crippen LogP contribution in [0.25, 0.3) is 10.9 Å². The highest BCUT2D eigenvalue weighted by molar-refractivity contribution is 6.36. The van der Waals surface area contributed by atoms with Crippen molar-refractivity contribution in [2.75, 3.05) is 6.54 Å². The molecule has 2 aromatic carbocycles. The zero-order valence-electron chi connectivity index (χ0n) is 15.5. The van der Waals surface area contributed by atoms with Gasteiger partial charge in [-0.2, -0.15) is 0 Å². The van der Waals surface area contributed by atoms with E-state index in [-0.39, 0.29) is 5.91 Å². The van der Waals surface area contributed by atoms with Crippen molar-refractivity contribution in [3.05, 3.63) is 75.4 Å². The number of amides is 1. The molecule has 3 aromatic rings. The smallest absolute Gasteiger partial charge is 0.251 e. The van der Waals surface area contributed by atoms with E-state index < -0.39 is 0 Å². The van der Waals surface area contributed by atoms with E-state index in [4.69, 9.17) is 16.6 Å². The predicted octanol–water partition coefficient (Wildman–Crippen LogP) is 5.05. The molecule has 0 bridgehead atoms. The fourth-order valence-corrected chi connectivity index (χ4v) is 4.05. The van der Waals surface area contributed by atoms with Gasteiger partial charge in [-0.25, -0.2) is 0 Å². The molecule has 0 saturated carbocycles. The minimum Gasteiger partial charge on any atom is -0.352 e. The highest BCUT2D eigenvalue weighted by Gasteiger charge is 2.18. The van der Waals surface area contributed by atoms with Crippen molar-refractivity contribution in [2.45, 2.75) is 39.0 Å². The monoisotopic (exact) mass is 378 g/mol. The van der Waals surface area contributed by atoms with E-state index >= 15 is 0 Å². The van der Waals surface area contributed by atoms with Crippen LogP contribution in [0.4, 0.5) is 0 Å². The van der Waals surface area contributed by atoms with E-state index in [9.17, 15) is 4.79 Å². The number of nitrogens with zero attached hydrogens (tertiary/aromatic N) is 1. The number of hydrogen-bond acceptors (Lipinski definition) is 2. The standard InChI is InChI=1S/C23H23ClN2O/c1-15-6-8-16(9-7-15)12-13-25-23(27)17-10-11-19-21(14-17)26-20-5-3-2-4-18(20)22(19)24/h6-11,14H,2-5,12-13H2,1H3,(H,25,27). The molecule has 0 fully saturated rings. The van der Waals surface area contributed by atoms with E-state index in [1.807, 2.05) is 18.2 Å². The van der Waals surface area contributed by atoms with Gasteiger partial charge in [0.15, 0.2) is 0 Å². The van der Waals surface area contributed by atoms with Crippen molar-refractivity contribution in [1.82, 2.24) is 10.3 Å². The van der Waals surface area contributed by atoms with Gasteiger partial charge in [0.25, 0.3) is 5.91 Å². The fourth-order valence-electron chi connectivity index (χ4n) is 3.69. The number of aromatic nitrogens is 1. The van der Waals surface area contributed by atoms with Gasteiger partial charge in [0.2, 0.25) is 0 Å². The Morgan fingerprint density at radius 2 is 1.89 bits per heavy atom. The molecule has 1 N–H and O–H groups in total. The third-order valence-electron chi connectivity index (χ3n) is 5.28. The Kier molecular flexibility index (Phi) is 5.13. The molecule has 0 spiro atoms. The average molecular weight is 379 g/mol. The van der Waals surface area contributed by atoms with E-state index in [1.165, 1.54) is 23.1 Å². The SMILES string of the molecule is Cc1ccc(CCNC(=O)c2ccc3c(Cl)c4c(nc3c2)CCCC4)cc1. The van der Waals surface area contributed by atoms with Crippen LogP contribution in [0.15, 0.2) is 42.5 Å². The van der Waals surface area contributed by atoms with E-state index in [0.717, 1.165) is 47.3 Å². The van der Waals surface area contributed by atoms with Gasteiger partial charge >= 0.3 is 0 Å². The highest BCUT2D eigenvalue weighted by atomic mass is 35.5. The van der Waals surface area contributed by atoms with Crippen molar-refractivity contribution >= 4 is 28.4 Å². The number of carbonyl (C=O) groups excluding carboxylic acids is 1. The third kappa shape index (κ3) is 3.84. The Labute approximate surface area is 164 Å². The summed E-state index contributed by atoms with van der Waals surface area (Å²) >= 11 is 6.61. The molecule has 0 radical (unpaired) electrons. The number of pyridine rings is 1. The number of benzene rings is 2. The third-order valence-corrected chi connectivity index (χ3v) is 5.71. The fraction of sp³-hybridized carbons (Fsp3) is 0.304. The van der Waals surface area contributed by atoms with Crippen LogP contribution in [0.2, 0.25) is 5.02 Å². The first-order chi connectivity index (χ1) is 13.1. The summed E-state index contributed by atoms with van der Waals surface area (Å²) in [5.74, 6) is -0.0698. The van der Waals surface area contributed by atoms with E-state index in [1.54, 1.807) is 0 Å². The Balaban J connectivity index is 1.49. The molecule has 0 unspecified atom stereocenters. The maximum atomic E-state index is 12.5. The molecule has 3 nitrogen and oxygen atoms in total. The normalized spacial score (nSPS) is 13.4. The zero-order valence-corrected chi connectivity index (χ0v) is 16.3. The number of rotatable bonds is 4. The molecule has 4 rings (SSSR count). The molecular formula is C23H23ClN2O. The van der Waals surface area contributed by atoms with Gasteiger partial charge in [0, 0.05) is 23.2 Å². The Bertz CT molecular complexity index is 995. The quantitative estimate of drug-likeness (QED) is 0.690. The minimum atomic E-state index is -0.0698. The first-order valence-electron chi connectivity index (χ1n) is 9.56. The second kappa shape index (κ2) is 7.69. The van der Waals surface area contributed by atoms with Gasteiger partial charge in [0.1, 0.15) is 0 Å². The summed E-state index contributed by atoms with van der Waals surface area (Å²) < 4.78 is 0. The van der Waals surface area contributed by atoms with E-state index in [2.05, 4.69) is 36.5 Å². The molecule has 0 saturated heterocycles. The number of aryl methyl sites for hydroxylation is 2. The van der Waals surface area contributed by atoms with Crippen molar-refractivity contribution in [3.8, 4) is 0 Å². The van der Waals surface area contributed by atoms with Gasteiger partial charge < -0.3 is 5.32 Å². The van der Waals surface area contributed by atoms with Gasteiger partial charge in [0.05, 0.1) is 10.5 Å². The van der Waals surface area contributed by atoms with Gasteiger partial charge in [-0.05, 0) is 62.3 Å². The van der Waals surface area contributed by atoms with Crippen molar-refractivity contribution in [1.29, 1.82) is 0 Å². The predicted molar refractivity (Wildman–Crippen MR) is 111 cm³/mol. The van der Waals surface area contributed by atoms with Crippen LogP contribution in [0.1, 0.15) is 45.6 Å². The molecular weight excluding hydrogens is 356 g/mol. The largest absolute Gasteiger partial charge is 0.352 e. The minimum absolute atomic E-state index is 0.0698. The summed E-state index contributed by atoms with van der Waals surface area (Å²) in [6.45, 7) is 2.68. The number of carbonyl (C=O) groups is 1. The zero-order chi connectivity index (χ0) is 18.8. The molecule has 1 amide bonds. The molecule has 1 aliphatic carbocycles. The lowest BCUT2D eigenvalue weighted by Gasteiger charge is -2.18. The second-order valence-electron chi connectivity index (χ2n) is 7.28. The summed E-state index contributed by atoms with van der Waals surface area (Å²) in [6, 6.07) is 14.0. The second-order valence-corrected chi connectivity index (χ2v) is 7.66. The van der Waals surface area contributed by atoms with Crippen LogP contribution in [0.3, 0.4) is 0 Å². The van der Waals surface area contributed by atoms with Crippen LogP contribution in [-0.2, 0) is 19.3 Å². The van der Waals surface area contributed by atoms with Crippen molar-refractivity contribution in [2.24, 2.45) is 0 Å². The maximum Gasteiger partial charge on any atom is 0.251 e. The molecule has 1 aliphatic rings. The molecule has 0 atom stereocenters. The molecule has 1 heterocycles. The lowest BCUT2D eigenvalue weighted by Crippen LogP contribution is -2.25. The Morgan fingerprint density at radius 3 is 2.70 bits per heavy atom. The lowest BCUT2D eigenvalue weighted by atomic mass is 9.94. The number of fused-ring (bicyclic) bond motifs is 2. The van der Waals surface area contributed by atoms with Crippen LogP contribution in [-0.4, -0.2) is 17.4 Å². The first-order valence-corrected chi connectivity index (χ1v) is 9.94. The summed E-state index contributed by atoms with van der Waals surface area (Å²) in [4.78, 5) is 17.3. The lowest BCUT2D eigenvalue weighted by molar-refractivity contribution is 0.0954. The van der Waals surface area contributed by atoms with Crippen LogP contribution < -0.4 is 5.32 Å². The molecule has 1 aromatic heterocycles. The number of hydrogen-bond donors (Lipinski definition) is 1. The molecule has 4 heteroatoms. The molecule has 27 heavy (non-hydrogen) atoms. The van der Waals surface area contributed by atoms with Crippen LogP contribution in [0, 0.1) is 6.92 Å². The van der Waals surface area contributed by atoms with E-state index in [0.29, 0.717) is 12.1 Å².